The molecule has 3 nitrogen and oxygen atoms in total. The number of carbonyl (C=O) groups is 1. The van der Waals surface area contributed by atoms with Gasteiger partial charge >= 0.3 is 5.97 Å². The van der Waals surface area contributed by atoms with E-state index in [4.69, 9.17) is 0 Å². The molecule has 0 rings (SSSR count). The number of hydrogen-bond donors (Lipinski definition) is 0. The SMILES string of the molecule is C=C(P=O)C(=O)OCC. The molecule has 0 fully saturated rings. The molecule has 0 saturated carbocycles. The van der Waals surface area contributed by atoms with Crippen LogP contribution >= 0.6 is 8.46 Å². The van der Waals surface area contributed by atoms with Crippen LogP contribution in [-0.4, -0.2) is 12.6 Å². The molecule has 0 aromatic heterocycles. The van der Waals surface area contributed by atoms with Gasteiger partial charge in [-0.25, -0.2) is 4.79 Å². The third-order valence-corrected chi connectivity index (χ3v) is 1.02. The van der Waals surface area contributed by atoms with Gasteiger partial charge in [0.15, 0.2) is 8.46 Å². The van der Waals surface area contributed by atoms with Crippen LogP contribution in [0.3, 0.4) is 0 Å². The van der Waals surface area contributed by atoms with Crippen molar-refractivity contribution in [1.29, 1.82) is 0 Å². The van der Waals surface area contributed by atoms with Crippen LogP contribution in [0.5, 0.6) is 0 Å². The monoisotopic (exact) mass is 146 g/mol. The first-order valence-corrected chi connectivity index (χ1v) is 3.23. The lowest BCUT2D eigenvalue weighted by atomic mass is 10.6. The van der Waals surface area contributed by atoms with E-state index in [1.165, 1.54) is 0 Å². The molecule has 0 spiro atoms. The Hall–Kier alpha value is -0.690. The van der Waals surface area contributed by atoms with E-state index in [1.807, 2.05) is 0 Å². The van der Waals surface area contributed by atoms with Crippen LogP contribution in [0.15, 0.2) is 11.9 Å². The van der Waals surface area contributed by atoms with Crippen LogP contribution < -0.4 is 0 Å². The molecule has 0 aromatic carbocycles. The Bertz CT molecular complexity index is 141. The first-order valence-electron chi connectivity index (χ1n) is 2.41. The minimum absolute atomic E-state index is 0.0446. The maximum atomic E-state index is 10.4. The second-order valence-electron chi connectivity index (χ2n) is 1.26. The van der Waals surface area contributed by atoms with Crippen molar-refractivity contribution in [2.75, 3.05) is 6.61 Å². The van der Waals surface area contributed by atoms with Crippen LogP contribution in [0.2, 0.25) is 0 Å². The fraction of sp³-hybridized carbons (Fsp3) is 0.400. The average Bonchev–Trinajstić information content (AvgIpc) is 1.87. The van der Waals surface area contributed by atoms with E-state index in [1.54, 1.807) is 6.92 Å². The van der Waals surface area contributed by atoms with E-state index in [-0.39, 0.29) is 20.4 Å². The lowest BCUT2D eigenvalue weighted by molar-refractivity contribution is -0.137. The van der Waals surface area contributed by atoms with Crippen LogP contribution in [0.1, 0.15) is 6.92 Å². The van der Waals surface area contributed by atoms with Gasteiger partial charge in [0.05, 0.1) is 6.61 Å². The molecule has 0 aliphatic rings. The summed E-state index contributed by atoms with van der Waals surface area (Å²) in [6, 6.07) is 0. The molecule has 0 unspecified atom stereocenters. The number of ether oxygens (including phenoxy) is 1. The van der Waals surface area contributed by atoms with Gasteiger partial charge in [-0.2, -0.15) is 0 Å². The smallest absolute Gasteiger partial charge is 0.345 e. The molecule has 50 valence electrons. The predicted molar refractivity (Wildman–Crippen MR) is 33.4 cm³/mol. The Balaban J connectivity index is 3.73. The Kier molecular flexibility index (Phi) is 3.89. The van der Waals surface area contributed by atoms with Crippen molar-refractivity contribution in [3.8, 4) is 0 Å². The van der Waals surface area contributed by atoms with Gasteiger partial charge in [0, 0.05) is 0 Å². The molecule has 0 N–H and O–H groups in total. The molecule has 0 bridgehead atoms. The van der Waals surface area contributed by atoms with Gasteiger partial charge in [-0.15, -0.1) is 0 Å². The fourth-order valence-corrected chi connectivity index (χ4v) is 0.391. The third kappa shape index (κ3) is 2.98. The highest BCUT2D eigenvalue weighted by atomic mass is 31.1. The summed E-state index contributed by atoms with van der Waals surface area (Å²) < 4.78 is 14.4. The zero-order valence-electron chi connectivity index (χ0n) is 5.09. The largest absolute Gasteiger partial charge is 0.462 e. The molecule has 0 aliphatic carbocycles. The van der Waals surface area contributed by atoms with Crippen LogP contribution in [0.25, 0.3) is 0 Å². The van der Waals surface area contributed by atoms with E-state index < -0.39 is 5.97 Å². The second-order valence-corrected chi connectivity index (χ2v) is 1.98. The summed E-state index contributed by atoms with van der Waals surface area (Å²) in [5.41, 5.74) is 0. The first kappa shape index (κ1) is 8.31. The van der Waals surface area contributed by atoms with E-state index >= 15 is 0 Å². The van der Waals surface area contributed by atoms with Crippen molar-refractivity contribution >= 4 is 14.4 Å². The molecule has 0 aromatic rings. The van der Waals surface area contributed by atoms with E-state index in [0.29, 0.717) is 0 Å². The van der Waals surface area contributed by atoms with Crippen molar-refractivity contribution in [1.82, 2.24) is 0 Å². The zero-order valence-corrected chi connectivity index (χ0v) is 5.98. The summed E-state index contributed by atoms with van der Waals surface area (Å²) in [6.07, 6.45) is 0. The molecule has 9 heavy (non-hydrogen) atoms. The maximum absolute atomic E-state index is 10.4. The van der Waals surface area contributed by atoms with Crippen LogP contribution in [-0.2, 0) is 14.1 Å². The fourth-order valence-electron chi connectivity index (χ4n) is 0.252. The van der Waals surface area contributed by atoms with Gasteiger partial charge in [0.2, 0.25) is 0 Å². The number of esters is 1. The van der Waals surface area contributed by atoms with E-state index in [2.05, 4.69) is 11.3 Å². The molecule has 0 aliphatic heterocycles. The highest BCUT2D eigenvalue weighted by Crippen LogP contribution is 2.09. The summed E-state index contributed by atoms with van der Waals surface area (Å²) in [5, 5.41) is -0.0446. The predicted octanol–water partition coefficient (Wildman–Crippen LogP) is 1.35. The van der Waals surface area contributed by atoms with Crippen molar-refractivity contribution in [2.24, 2.45) is 0 Å². The summed E-state index contributed by atoms with van der Waals surface area (Å²) in [5.74, 6) is -0.603. The Morgan fingerprint density at radius 3 is 2.67 bits per heavy atom. The highest BCUT2D eigenvalue weighted by Gasteiger charge is 2.05. The third-order valence-electron chi connectivity index (χ3n) is 0.621. The molecular formula is C5H7O3P. The Morgan fingerprint density at radius 2 is 2.33 bits per heavy atom. The van der Waals surface area contributed by atoms with Crippen LogP contribution in [0, 0.1) is 0 Å². The topological polar surface area (TPSA) is 43.4 Å². The summed E-state index contributed by atoms with van der Waals surface area (Å²) in [6.45, 7) is 5.15. The van der Waals surface area contributed by atoms with Gasteiger partial charge in [0.1, 0.15) is 5.31 Å². The quantitative estimate of drug-likeness (QED) is 0.343. The van der Waals surface area contributed by atoms with Gasteiger partial charge in [0.25, 0.3) is 0 Å². The van der Waals surface area contributed by atoms with Gasteiger partial charge in [-0.3, -0.25) is 4.57 Å². The molecule has 0 heterocycles. The van der Waals surface area contributed by atoms with Gasteiger partial charge in [-0.05, 0) is 6.92 Å². The average molecular weight is 146 g/mol. The normalized spacial score (nSPS) is 9.00. The minimum atomic E-state index is -0.603. The van der Waals surface area contributed by atoms with Crippen molar-refractivity contribution in [3.05, 3.63) is 11.9 Å². The molecule has 4 heteroatoms. The zero-order chi connectivity index (χ0) is 7.28. The first-order chi connectivity index (χ1) is 4.22. The Labute approximate surface area is 54.9 Å². The number of hydrogen-bond acceptors (Lipinski definition) is 3. The standard InChI is InChI=1S/C5H7O3P/c1-3-8-5(6)4(2)9-7/h2-3H2,1H3. The second kappa shape index (κ2) is 4.21. The Morgan fingerprint density at radius 1 is 1.78 bits per heavy atom. The van der Waals surface area contributed by atoms with Crippen molar-refractivity contribution < 1.29 is 14.1 Å². The molecule has 0 radical (unpaired) electrons. The highest BCUT2D eigenvalue weighted by molar-refractivity contribution is 7.31. The molecule has 0 amide bonds. The summed E-state index contributed by atoms with van der Waals surface area (Å²) in [7, 11) is -0.372. The van der Waals surface area contributed by atoms with Crippen molar-refractivity contribution in [2.45, 2.75) is 6.92 Å². The number of rotatable bonds is 3. The van der Waals surface area contributed by atoms with Gasteiger partial charge in [-0.1, -0.05) is 6.58 Å². The van der Waals surface area contributed by atoms with Crippen LogP contribution in [0.4, 0.5) is 0 Å². The lowest BCUT2D eigenvalue weighted by Crippen LogP contribution is -2.02. The molecular weight excluding hydrogens is 139 g/mol. The lowest BCUT2D eigenvalue weighted by Gasteiger charge is -1.95. The van der Waals surface area contributed by atoms with Crippen molar-refractivity contribution in [3.63, 3.8) is 0 Å². The summed E-state index contributed by atoms with van der Waals surface area (Å²) in [4.78, 5) is 10.4. The van der Waals surface area contributed by atoms with Gasteiger partial charge < -0.3 is 4.74 Å². The maximum Gasteiger partial charge on any atom is 0.345 e. The van der Waals surface area contributed by atoms with E-state index in [0.717, 1.165) is 0 Å². The minimum Gasteiger partial charge on any atom is -0.462 e. The molecule has 0 saturated heterocycles. The van der Waals surface area contributed by atoms with E-state index in [9.17, 15) is 9.36 Å². The summed E-state index contributed by atoms with van der Waals surface area (Å²) >= 11 is 0. The molecule has 0 atom stereocenters. The number of carbonyl (C=O) groups excluding carboxylic acids is 1.